The minimum absolute atomic E-state index is 0.760. The van der Waals surface area contributed by atoms with Crippen LogP contribution in [0.1, 0.15) is 99.8 Å². The summed E-state index contributed by atoms with van der Waals surface area (Å²) in [5.41, 5.74) is 5.14. The Morgan fingerprint density at radius 1 is 0.714 bits per heavy atom. The molecule has 0 aromatic heterocycles. The van der Waals surface area contributed by atoms with E-state index in [1.807, 2.05) is 0 Å². The average Bonchev–Trinajstić information content (AvgIpc) is 2.75. The first-order valence-electron chi connectivity index (χ1n) is 11.5. The third kappa shape index (κ3) is 6.27. The molecule has 1 aliphatic carbocycles. The number of rotatable bonds is 7. The normalized spacial score (nSPS) is 19.1. The molecule has 0 heteroatoms. The maximum absolute atomic E-state index is 3.33. The van der Waals surface area contributed by atoms with E-state index < -0.39 is 0 Å². The lowest BCUT2D eigenvalue weighted by molar-refractivity contribution is 0.303. The maximum Gasteiger partial charge on any atom is 0.0249 e. The van der Waals surface area contributed by atoms with Crippen LogP contribution in [0.15, 0.2) is 48.5 Å². The van der Waals surface area contributed by atoms with Crippen LogP contribution in [0.2, 0.25) is 0 Å². The predicted octanol–water partition coefficient (Wildman–Crippen LogP) is 7.89. The highest BCUT2D eigenvalue weighted by Gasteiger charge is 2.21. The zero-order chi connectivity index (χ0) is 19.6. The van der Waals surface area contributed by atoms with E-state index >= 15 is 0 Å². The average molecular weight is 373 g/mol. The second-order valence-electron chi connectivity index (χ2n) is 8.53. The van der Waals surface area contributed by atoms with Crippen LogP contribution in [-0.2, 0) is 6.42 Å². The smallest absolute Gasteiger partial charge is 0.0249 e. The Morgan fingerprint density at radius 3 is 1.89 bits per heavy atom. The summed E-state index contributed by atoms with van der Waals surface area (Å²) in [5, 5.41) is 0. The third-order valence-corrected chi connectivity index (χ3v) is 6.29. The van der Waals surface area contributed by atoms with E-state index in [0.29, 0.717) is 0 Å². The number of unbranched alkanes of at least 4 members (excludes halogenated alkanes) is 2. The van der Waals surface area contributed by atoms with Crippen molar-refractivity contribution in [1.29, 1.82) is 0 Å². The first-order chi connectivity index (χ1) is 13.8. The Kier molecular flexibility index (Phi) is 8.23. The second kappa shape index (κ2) is 11.1. The minimum Gasteiger partial charge on any atom is -0.0654 e. The fourth-order valence-electron chi connectivity index (χ4n) is 4.49. The summed E-state index contributed by atoms with van der Waals surface area (Å²) in [6, 6.07) is 17.7. The quantitative estimate of drug-likeness (QED) is 0.342. The monoisotopic (exact) mass is 372 g/mol. The van der Waals surface area contributed by atoms with Crippen LogP contribution >= 0.6 is 0 Å². The topological polar surface area (TPSA) is 0 Å². The Hall–Kier alpha value is -2.00. The van der Waals surface area contributed by atoms with Gasteiger partial charge in [0.05, 0.1) is 0 Å². The van der Waals surface area contributed by atoms with Crippen LogP contribution in [0.3, 0.4) is 0 Å². The largest absolute Gasteiger partial charge is 0.0654 e. The lowest BCUT2D eigenvalue weighted by Gasteiger charge is -2.29. The van der Waals surface area contributed by atoms with Crippen molar-refractivity contribution in [3.8, 4) is 11.8 Å². The molecule has 0 atom stereocenters. The Labute approximate surface area is 172 Å². The summed E-state index contributed by atoms with van der Waals surface area (Å²) in [7, 11) is 0. The van der Waals surface area contributed by atoms with Gasteiger partial charge in [0, 0.05) is 11.1 Å². The summed E-state index contributed by atoms with van der Waals surface area (Å²) >= 11 is 0. The second-order valence-corrected chi connectivity index (χ2v) is 8.53. The molecule has 0 bridgehead atoms. The van der Waals surface area contributed by atoms with Gasteiger partial charge in [-0.25, -0.2) is 0 Å². The molecule has 0 nitrogen and oxygen atoms in total. The molecular formula is C28H36. The zero-order valence-electron chi connectivity index (χ0n) is 17.8. The highest BCUT2D eigenvalue weighted by atomic mass is 14.3. The number of hydrogen-bond donors (Lipinski definition) is 0. The van der Waals surface area contributed by atoms with Gasteiger partial charge in [-0.05, 0) is 79.3 Å². The molecule has 2 aromatic carbocycles. The van der Waals surface area contributed by atoms with Gasteiger partial charge in [-0.15, -0.1) is 0 Å². The van der Waals surface area contributed by atoms with Gasteiger partial charge < -0.3 is 0 Å². The molecule has 3 rings (SSSR count). The predicted molar refractivity (Wildman–Crippen MR) is 122 cm³/mol. The standard InChI is InChI=1S/C28H36/c1-3-5-6-8-24-15-19-27(20-16-24)28-21-17-26(18-22-28)14-13-25-11-9-23(7-4-2)10-12-25/h9-12,17-18,21-22,24,27H,3-8,15-16,19-20H2,1-2H3. The summed E-state index contributed by atoms with van der Waals surface area (Å²) in [4.78, 5) is 0. The molecule has 0 radical (unpaired) electrons. The van der Waals surface area contributed by atoms with Crippen LogP contribution in [0, 0.1) is 17.8 Å². The SMILES string of the molecule is CCCCCC1CCC(c2ccc(C#Cc3ccc(CCC)cc3)cc2)CC1. The maximum atomic E-state index is 3.33. The Morgan fingerprint density at radius 2 is 1.32 bits per heavy atom. The van der Waals surface area contributed by atoms with E-state index in [1.54, 1.807) is 0 Å². The minimum atomic E-state index is 0.760. The highest BCUT2D eigenvalue weighted by molar-refractivity contribution is 5.44. The van der Waals surface area contributed by atoms with Crippen LogP contribution in [0.4, 0.5) is 0 Å². The summed E-state index contributed by atoms with van der Waals surface area (Å²) < 4.78 is 0. The van der Waals surface area contributed by atoms with Crippen molar-refractivity contribution < 1.29 is 0 Å². The van der Waals surface area contributed by atoms with E-state index in [4.69, 9.17) is 0 Å². The van der Waals surface area contributed by atoms with Gasteiger partial charge >= 0.3 is 0 Å². The molecule has 0 N–H and O–H groups in total. The molecule has 1 saturated carbocycles. The Bertz CT molecular complexity index is 746. The van der Waals surface area contributed by atoms with Crippen LogP contribution in [0.25, 0.3) is 0 Å². The molecule has 148 valence electrons. The van der Waals surface area contributed by atoms with Gasteiger partial charge in [0.25, 0.3) is 0 Å². The van der Waals surface area contributed by atoms with Crippen molar-refractivity contribution in [3.63, 3.8) is 0 Å². The fourth-order valence-corrected chi connectivity index (χ4v) is 4.49. The van der Waals surface area contributed by atoms with Crippen molar-refractivity contribution in [2.75, 3.05) is 0 Å². The van der Waals surface area contributed by atoms with Crippen molar-refractivity contribution in [2.24, 2.45) is 5.92 Å². The molecule has 0 heterocycles. The van der Waals surface area contributed by atoms with E-state index in [2.05, 4.69) is 74.2 Å². The lowest BCUT2D eigenvalue weighted by atomic mass is 9.77. The Balaban J connectivity index is 1.52. The number of aryl methyl sites for hydroxylation is 1. The highest BCUT2D eigenvalue weighted by Crippen LogP contribution is 2.37. The van der Waals surface area contributed by atoms with Gasteiger partial charge in [0.1, 0.15) is 0 Å². The van der Waals surface area contributed by atoms with Crippen molar-refractivity contribution in [3.05, 3.63) is 70.8 Å². The van der Waals surface area contributed by atoms with E-state index in [0.717, 1.165) is 29.4 Å². The molecule has 0 unspecified atom stereocenters. The van der Waals surface area contributed by atoms with Gasteiger partial charge in [0.15, 0.2) is 0 Å². The van der Waals surface area contributed by atoms with E-state index in [-0.39, 0.29) is 0 Å². The molecule has 28 heavy (non-hydrogen) atoms. The molecule has 1 aliphatic rings. The van der Waals surface area contributed by atoms with Gasteiger partial charge in [0.2, 0.25) is 0 Å². The molecule has 1 fully saturated rings. The van der Waals surface area contributed by atoms with Gasteiger partial charge in [-0.3, -0.25) is 0 Å². The van der Waals surface area contributed by atoms with Crippen molar-refractivity contribution in [2.45, 2.75) is 84.0 Å². The summed E-state index contributed by atoms with van der Waals surface area (Å²) in [6.45, 7) is 4.52. The van der Waals surface area contributed by atoms with Gasteiger partial charge in [-0.2, -0.15) is 0 Å². The molecular weight excluding hydrogens is 336 g/mol. The first kappa shape index (κ1) is 20.7. The van der Waals surface area contributed by atoms with Crippen LogP contribution in [-0.4, -0.2) is 0 Å². The first-order valence-corrected chi connectivity index (χ1v) is 11.5. The summed E-state index contributed by atoms with van der Waals surface area (Å²) in [5.74, 6) is 8.38. The number of benzene rings is 2. The molecule has 0 amide bonds. The molecule has 0 spiro atoms. The molecule has 2 aromatic rings. The van der Waals surface area contributed by atoms with Crippen molar-refractivity contribution >= 4 is 0 Å². The third-order valence-electron chi connectivity index (χ3n) is 6.29. The van der Waals surface area contributed by atoms with Crippen LogP contribution in [0.5, 0.6) is 0 Å². The number of hydrogen-bond acceptors (Lipinski definition) is 0. The van der Waals surface area contributed by atoms with Gasteiger partial charge in [-0.1, -0.05) is 82.1 Å². The zero-order valence-corrected chi connectivity index (χ0v) is 17.8. The van der Waals surface area contributed by atoms with Crippen molar-refractivity contribution in [1.82, 2.24) is 0 Å². The summed E-state index contributed by atoms with van der Waals surface area (Å²) in [6.07, 6.45) is 13.6. The molecule has 0 aliphatic heterocycles. The fraction of sp³-hybridized carbons (Fsp3) is 0.500. The van der Waals surface area contributed by atoms with E-state index in [9.17, 15) is 0 Å². The lowest BCUT2D eigenvalue weighted by Crippen LogP contribution is -2.13. The van der Waals surface area contributed by atoms with E-state index in [1.165, 1.54) is 68.9 Å². The van der Waals surface area contributed by atoms with Crippen LogP contribution < -0.4 is 0 Å². The molecule has 0 saturated heterocycles.